The van der Waals surface area contributed by atoms with Gasteiger partial charge in [-0.3, -0.25) is 9.79 Å². The molecule has 1 aliphatic heterocycles. The molecule has 2 aromatic rings. The molecule has 1 aromatic heterocycles. The molecule has 28 heavy (non-hydrogen) atoms. The lowest BCUT2D eigenvalue weighted by atomic mass is 9.90. The Balaban J connectivity index is 0.00000280. The van der Waals surface area contributed by atoms with E-state index in [9.17, 15) is 4.79 Å². The number of nitrogens with zero attached hydrogens (tertiary/aromatic N) is 2. The third-order valence-electron chi connectivity index (χ3n) is 5.01. The van der Waals surface area contributed by atoms with Gasteiger partial charge in [-0.15, -0.1) is 24.0 Å². The fourth-order valence-corrected chi connectivity index (χ4v) is 4.07. The number of nitrogens with one attached hydrogen (secondary N) is 2. The smallest absolute Gasteiger partial charge is 0.241 e. The first kappa shape index (κ1) is 22.7. The SMILES string of the molecule is CN=C(NCC(=O)N1CCC(Cc2ccccc2)CC1)NCc1ccsc1.I. The molecule has 152 valence electrons. The van der Waals surface area contributed by atoms with Gasteiger partial charge in [-0.2, -0.15) is 11.3 Å². The zero-order chi connectivity index (χ0) is 18.9. The number of rotatable bonds is 6. The summed E-state index contributed by atoms with van der Waals surface area (Å²) in [5.74, 6) is 1.48. The van der Waals surface area contributed by atoms with Crippen LogP contribution in [0.4, 0.5) is 0 Å². The summed E-state index contributed by atoms with van der Waals surface area (Å²) in [4.78, 5) is 18.7. The first-order chi connectivity index (χ1) is 13.2. The van der Waals surface area contributed by atoms with Gasteiger partial charge in [0.05, 0.1) is 6.54 Å². The van der Waals surface area contributed by atoms with Crippen molar-refractivity contribution in [1.82, 2.24) is 15.5 Å². The van der Waals surface area contributed by atoms with Crippen molar-refractivity contribution in [3.8, 4) is 0 Å². The maximum atomic E-state index is 12.5. The summed E-state index contributed by atoms with van der Waals surface area (Å²) >= 11 is 1.68. The highest BCUT2D eigenvalue weighted by Gasteiger charge is 2.22. The Morgan fingerprint density at radius 2 is 1.89 bits per heavy atom. The van der Waals surface area contributed by atoms with Crippen LogP contribution in [0.3, 0.4) is 0 Å². The van der Waals surface area contributed by atoms with Crippen LogP contribution in [-0.2, 0) is 17.8 Å². The lowest BCUT2D eigenvalue weighted by molar-refractivity contribution is -0.131. The molecule has 0 unspecified atom stereocenters. The van der Waals surface area contributed by atoms with E-state index in [1.165, 1.54) is 11.1 Å². The van der Waals surface area contributed by atoms with Crippen molar-refractivity contribution < 1.29 is 4.79 Å². The average molecular weight is 512 g/mol. The van der Waals surface area contributed by atoms with Crippen LogP contribution in [0.2, 0.25) is 0 Å². The van der Waals surface area contributed by atoms with Gasteiger partial charge in [0.2, 0.25) is 5.91 Å². The summed E-state index contributed by atoms with van der Waals surface area (Å²) in [6.07, 6.45) is 3.26. The molecule has 0 spiro atoms. The van der Waals surface area contributed by atoms with Gasteiger partial charge in [0.25, 0.3) is 0 Å². The number of thiophene rings is 1. The molecule has 0 atom stereocenters. The standard InChI is InChI=1S/C21H28N4OS.HI/c1-22-21(23-14-19-9-12-27-16-19)24-15-20(26)25-10-7-18(8-11-25)13-17-5-3-2-4-6-17;/h2-6,9,12,16,18H,7-8,10-11,13-15H2,1H3,(H2,22,23,24);1H. The van der Waals surface area contributed by atoms with Crippen molar-refractivity contribution in [3.05, 3.63) is 58.3 Å². The fraction of sp³-hybridized carbons (Fsp3) is 0.429. The maximum absolute atomic E-state index is 12.5. The summed E-state index contributed by atoms with van der Waals surface area (Å²) in [7, 11) is 1.72. The minimum atomic E-state index is 0. The van der Waals surface area contributed by atoms with Crippen LogP contribution < -0.4 is 10.6 Å². The van der Waals surface area contributed by atoms with E-state index < -0.39 is 0 Å². The molecule has 1 amide bonds. The predicted octanol–water partition coefficient (Wildman–Crippen LogP) is 3.51. The maximum Gasteiger partial charge on any atom is 0.241 e. The minimum absolute atomic E-state index is 0. The van der Waals surface area contributed by atoms with E-state index in [0.717, 1.165) is 32.4 Å². The Morgan fingerprint density at radius 1 is 1.14 bits per heavy atom. The number of hydrogen-bond acceptors (Lipinski definition) is 3. The molecule has 0 saturated carbocycles. The second-order valence-electron chi connectivity index (χ2n) is 6.92. The van der Waals surface area contributed by atoms with E-state index >= 15 is 0 Å². The Morgan fingerprint density at radius 3 is 2.54 bits per heavy atom. The number of benzene rings is 1. The second kappa shape index (κ2) is 12.1. The van der Waals surface area contributed by atoms with Gasteiger partial charge in [0, 0.05) is 26.7 Å². The number of carbonyl (C=O) groups excluding carboxylic acids is 1. The number of hydrogen-bond donors (Lipinski definition) is 2. The summed E-state index contributed by atoms with van der Waals surface area (Å²) in [6.45, 7) is 2.69. The van der Waals surface area contributed by atoms with E-state index in [4.69, 9.17) is 0 Å². The van der Waals surface area contributed by atoms with Crippen LogP contribution in [0, 0.1) is 5.92 Å². The van der Waals surface area contributed by atoms with Gasteiger partial charge in [-0.25, -0.2) is 0 Å². The number of piperidine rings is 1. The summed E-state index contributed by atoms with van der Waals surface area (Å²) < 4.78 is 0. The van der Waals surface area contributed by atoms with Gasteiger partial charge in [-0.1, -0.05) is 30.3 Å². The van der Waals surface area contributed by atoms with Gasteiger partial charge < -0.3 is 15.5 Å². The van der Waals surface area contributed by atoms with Gasteiger partial charge in [0.15, 0.2) is 5.96 Å². The van der Waals surface area contributed by atoms with Crippen LogP contribution in [0.15, 0.2) is 52.2 Å². The first-order valence-electron chi connectivity index (χ1n) is 9.52. The summed E-state index contributed by atoms with van der Waals surface area (Å²) in [5, 5.41) is 10.5. The number of likely N-dealkylation sites (tertiary alicyclic amines) is 1. The minimum Gasteiger partial charge on any atom is -0.352 e. The number of aliphatic imine (C=N–C) groups is 1. The molecule has 2 N–H and O–H groups in total. The van der Waals surface area contributed by atoms with Crippen LogP contribution >= 0.6 is 35.3 Å². The van der Waals surface area contributed by atoms with Crippen molar-refractivity contribution >= 4 is 47.2 Å². The highest BCUT2D eigenvalue weighted by Crippen LogP contribution is 2.21. The topological polar surface area (TPSA) is 56.7 Å². The summed E-state index contributed by atoms with van der Waals surface area (Å²) in [6, 6.07) is 12.7. The molecule has 1 aliphatic rings. The number of halogens is 1. The average Bonchev–Trinajstić information content (AvgIpc) is 3.23. The number of amides is 1. The fourth-order valence-electron chi connectivity index (χ4n) is 3.40. The zero-order valence-electron chi connectivity index (χ0n) is 16.3. The molecule has 3 rings (SSSR count). The van der Waals surface area contributed by atoms with Crippen LogP contribution in [0.1, 0.15) is 24.0 Å². The highest BCUT2D eigenvalue weighted by atomic mass is 127. The number of guanidine groups is 1. The molecule has 1 aromatic carbocycles. The Labute approximate surface area is 188 Å². The third kappa shape index (κ3) is 7.09. The Hall–Kier alpha value is -1.61. The van der Waals surface area contributed by atoms with Crippen molar-refractivity contribution in [2.45, 2.75) is 25.8 Å². The lowest BCUT2D eigenvalue weighted by Gasteiger charge is -2.32. The molecular formula is C21H29IN4OS. The normalized spacial score (nSPS) is 15.0. The van der Waals surface area contributed by atoms with Crippen LogP contribution in [0.25, 0.3) is 0 Å². The van der Waals surface area contributed by atoms with Crippen LogP contribution in [-0.4, -0.2) is 43.4 Å². The van der Waals surface area contributed by atoms with E-state index in [2.05, 4.69) is 62.8 Å². The highest BCUT2D eigenvalue weighted by molar-refractivity contribution is 14.0. The van der Waals surface area contributed by atoms with E-state index in [1.54, 1.807) is 18.4 Å². The third-order valence-corrected chi connectivity index (χ3v) is 5.74. The van der Waals surface area contributed by atoms with Gasteiger partial charge >= 0.3 is 0 Å². The lowest BCUT2D eigenvalue weighted by Crippen LogP contribution is -2.46. The molecular weight excluding hydrogens is 483 g/mol. The molecule has 7 heteroatoms. The Bertz CT molecular complexity index is 728. The van der Waals surface area contributed by atoms with Crippen molar-refractivity contribution in [2.75, 3.05) is 26.7 Å². The largest absolute Gasteiger partial charge is 0.352 e. The summed E-state index contributed by atoms with van der Waals surface area (Å²) in [5.41, 5.74) is 2.61. The zero-order valence-corrected chi connectivity index (χ0v) is 19.4. The molecule has 0 aliphatic carbocycles. The molecule has 1 fully saturated rings. The van der Waals surface area contributed by atoms with Gasteiger partial charge in [0.1, 0.15) is 0 Å². The second-order valence-corrected chi connectivity index (χ2v) is 7.70. The quantitative estimate of drug-likeness (QED) is 0.354. The first-order valence-corrected chi connectivity index (χ1v) is 10.5. The van der Waals surface area contributed by atoms with Crippen LogP contribution in [0.5, 0.6) is 0 Å². The van der Waals surface area contributed by atoms with E-state index in [-0.39, 0.29) is 36.4 Å². The van der Waals surface area contributed by atoms with Crippen molar-refractivity contribution in [2.24, 2.45) is 10.9 Å². The molecule has 0 radical (unpaired) electrons. The Kier molecular flexibility index (Phi) is 9.77. The van der Waals surface area contributed by atoms with Crippen molar-refractivity contribution in [1.29, 1.82) is 0 Å². The monoisotopic (exact) mass is 512 g/mol. The number of carbonyl (C=O) groups is 1. The van der Waals surface area contributed by atoms with E-state index in [0.29, 0.717) is 18.4 Å². The predicted molar refractivity (Wildman–Crippen MR) is 127 cm³/mol. The molecule has 0 bridgehead atoms. The molecule has 1 saturated heterocycles. The van der Waals surface area contributed by atoms with E-state index in [1.807, 2.05) is 4.90 Å². The van der Waals surface area contributed by atoms with Crippen molar-refractivity contribution in [3.63, 3.8) is 0 Å². The molecule has 5 nitrogen and oxygen atoms in total. The van der Waals surface area contributed by atoms with Gasteiger partial charge in [-0.05, 0) is 53.1 Å². The molecule has 2 heterocycles.